The lowest BCUT2D eigenvalue weighted by Gasteiger charge is -2.13. The number of aromatic carboxylic acids is 1. The van der Waals surface area contributed by atoms with Crippen LogP contribution in [0.4, 0.5) is 0 Å². The Bertz CT molecular complexity index is 694. The van der Waals surface area contributed by atoms with Crippen LogP contribution in [0.1, 0.15) is 21.5 Å². The molecule has 2 rings (SSSR count). The fourth-order valence-corrected chi connectivity index (χ4v) is 2.19. The quantitative estimate of drug-likeness (QED) is 0.792. The van der Waals surface area contributed by atoms with E-state index in [9.17, 15) is 4.79 Å². The normalized spacial score (nSPS) is 10.2. The summed E-state index contributed by atoms with van der Waals surface area (Å²) < 4.78 is 16.4. The Morgan fingerprint density at radius 3 is 2.22 bits per heavy atom. The zero-order valence-electron chi connectivity index (χ0n) is 13.5. The number of carboxylic acid groups (broad SMARTS) is 1. The van der Waals surface area contributed by atoms with Gasteiger partial charge in [-0.05, 0) is 43.7 Å². The first-order valence-electron chi connectivity index (χ1n) is 7.25. The van der Waals surface area contributed by atoms with Crippen LogP contribution < -0.4 is 14.2 Å². The van der Waals surface area contributed by atoms with Crippen LogP contribution in [-0.2, 0) is 0 Å². The summed E-state index contributed by atoms with van der Waals surface area (Å²) in [5, 5.41) is 9.02. The van der Waals surface area contributed by atoms with Gasteiger partial charge in [0.15, 0.2) is 11.5 Å². The molecule has 0 atom stereocenters. The minimum absolute atomic E-state index is 0.149. The van der Waals surface area contributed by atoms with E-state index in [1.807, 2.05) is 26.0 Å². The van der Waals surface area contributed by atoms with E-state index in [-0.39, 0.29) is 12.2 Å². The molecule has 5 heteroatoms. The first-order chi connectivity index (χ1) is 11.0. The molecule has 0 aliphatic carbocycles. The van der Waals surface area contributed by atoms with Crippen molar-refractivity contribution in [2.24, 2.45) is 0 Å². The molecule has 2 aromatic carbocycles. The van der Waals surface area contributed by atoms with Crippen molar-refractivity contribution in [3.8, 4) is 17.2 Å². The van der Waals surface area contributed by atoms with Crippen molar-refractivity contribution < 1.29 is 24.1 Å². The molecule has 0 spiro atoms. The van der Waals surface area contributed by atoms with Gasteiger partial charge >= 0.3 is 5.97 Å². The van der Waals surface area contributed by atoms with E-state index >= 15 is 0 Å². The Morgan fingerprint density at radius 2 is 1.61 bits per heavy atom. The van der Waals surface area contributed by atoms with Gasteiger partial charge in [-0.2, -0.15) is 0 Å². The van der Waals surface area contributed by atoms with Crippen molar-refractivity contribution in [2.45, 2.75) is 13.8 Å². The summed E-state index contributed by atoms with van der Waals surface area (Å²) in [5.41, 5.74) is 2.40. The van der Waals surface area contributed by atoms with Crippen LogP contribution in [0.3, 0.4) is 0 Å². The van der Waals surface area contributed by atoms with Crippen molar-refractivity contribution in [3.63, 3.8) is 0 Å². The molecule has 0 saturated carbocycles. The van der Waals surface area contributed by atoms with Gasteiger partial charge in [-0.3, -0.25) is 0 Å². The van der Waals surface area contributed by atoms with Crippen molar-refractivity contribution in [3.05, 3.63) is 53.1 Å². The van der Waals surface area contributed by atoms with E-state index in [2.05, 4.69) is 6.07 Å². The molecule has 122 valence electrons. The molecule has 0 bridgehead atoms. The van der Waals surface area contributed by atoms with E-state index in [1.54, 1.807) is 6.07 Å². The van der Waals surface area contributed by atoms with Crippen LogP contribution in [0.15, 0.2) is 36.4 Å². The summed E-state index contributed by atoms with van der Waals surface area (Å²) >= 11 is 0. The maximum atomic E-state index is 11.0. The summed E-state index contributed by atoms with van der Waals surface area (Å²) in [6.07, 6.45) is 0. The first-order valence-corrected chi connectivity index (χ1v) is 7.25. The smallest absolute Gasteiger partial charge is 0.335 e. The lowest BCUT2D eigenvalue weighted by molar-refractivity contribution is 0.0696. The molecule has 1 N–H and O–H groups in total. The fraction of sp³-hybridized carbons (Fsp3) is 0.278. The highest BCUT2D eigenvalue weighted by Crippen LogP contribution is 2.28. The monoisotopic (exact) mass is 316 g/mol. The van der Waals surface area contributed by atoms with E-state index in [4.69, 9.17) is 19.3 Å². The first kappa shape index (κ1) is 16.7. The zero-order valence-corrected chi connectivity index (χ0v) is 13.5. The molecule has 2 aromatic rings. The van der Waals surface area contributed by atoms with E-state index in [1.165, 1.54) is 24.8 Å². The summed E-state index contributed by atoms with van der Waals surface area (Å²) in [4.78, 5) is 11.0. The Labute approximate surface area is 135 Å². The number of carboxylic acids is 1. The molecule has 5 nitrogen and oxygen atoms in total. The lowest BCUT2D eigenvalue weighted by Crippen LogP contribution is -2.10. The molecule has 0 aliphatic heterocycles. The lowest BCUT2D eigenvalue weighted by atomic mass is 10.1. The predicted octanol–water partition coefficient (Wildman–Crippen LogP) is 3.47. The fourth-order valence-electron chi connectivity index (χ4n) is 2.19. The molecule has 0 aromatic heterocycles. The predicted molar refractivity (Wildman–Crippen MR) is 86.9 cm³/mol. The third-order valence-corrected chi connectivity index (χ3v) is 3.34. The number of hydrogen-bond donors (Lipinski definition) is 1. The molecule has 0 aliphatic rings. The Balaban J connectivity index is 1.95. The highest BCUT2D eigenvalue weighted by molar-refractivity contribution is 5.88. The van der Waals surface area contributed by atoms with Crippen LogP contribution in [0.25, 0.3) is 0 Å². The summed E-state index contributed by atoms with van der Waals surface area (Å²) in [6, 6.07) is 10.5. The Hall–Kier alpha value is -2.69. The van der Waals surface area contributed by atoms with Gasteiger partial charge in [0.25, 0.3) is 0 Å². The maximum absolute atomic E-state index is 11.0. The van der Waals surface area contributed by atoms with Crippen molar-refractivity contribution in [1.29, 1.82) is 0 Å². The molecule has 0 amide bonds. The molecule has 0 unspecified atom stereocenters. The van der Waals surface area contributed by atoms with Crippen molar-refractivity contribution in [1.82, 2.24) is 0 Å². The average Bonchev–Trinajstić information content (AvgIpc) is 2.52. The number of rotatable bonds is 7. The van der Waals surface area contributed by atoms with Gasteiger partial charge < -0.3 is 19.3 Å². The van der Waals surface area contributed by atoms with Gasteiger partial charge in [0, 0.05) is 0 Å². The second kappa shape index (κ2) is 7.54. The minimum Gasteiger partial charge on any atom is -0.493 e. The number of benzene rings is 2. The Kier molecular flexibility index (Phi) is 5.46. The molecule has 0 heterocycles. The van der Waals surface area contributed by atoms with E-state index in [0.717, 1.165) is 11.3 Å². The Morgan fingerprint density at radius 1 is 0.957 bits per heavy atom. The summed E-state index contributed by atoms with van der Waals surface area (Å²) in [7, 11) is 1.51. The largest absolute Gasteiger partial charge is 0.493 e. The standard InChI is InChI=1S/C18H20O5/c1-12-4-6-15(13(2)10-12)22-8-9-23-17-11-14(18(19)20)5-7-16(17)21-3/h4-7,10-11H,8-9H2,1-3H3,(H,19,20). The van der Waals surface area contributed by atoms with Crippen LogP contribution in [-0.4, -0.2) is 31.4 Å². The van der Waals surface area contributed by atoms with Gasteiger partial charge in [0.2, 0.25) is 0 Å². The zero-order chi connectivity index (χ0) is 16.8. The second-order valence-corrected chi connectivity index (χ2v) is 5.14. The molecule has 23 heavy (non-hydrogen) atoms. The van der Waals surface area contributed by atoms with Crippen LogP contribution in [0.2, 0.25) is 0 Å². The second-order valence-electron chi connectivity index (χ2n) is 5.14. The highest BCUT2D eigenvalue weighted by Gasteiger charge is 2.10. The minimum atomic E-state index is -1.01. The third-order valence-electron chi connectivity index (χ3n) is 3.34. The van der Waals surface area contributed by atoms with Gasteiger partial charge in [-0.1, -0.05) is 17.7 Å². The van der Waals surface area contributed by atoms with Crippen molar-refractivity contribution >= 4 is 5.97 Å². The third kappa shape index (κ3) is 4.39. The molecular formula is C18H20O5. The van der Waals surface area contributed by atoms with Crippen LogP contribution in [0.5, 0.6) is 17.2 Å². The van der Waals surface area contributed by atoms with Gasteiger partial charge in [-0.15, -0.1) is 0 Å². The van der Waals surface area contributed by atoms with E-state index < -0.39 is 5.97 Å². The SMILES string of the molecule is COc1ccc(C(=O)O)cc1OCCOc1ccc(C)cc1C. The highest BCUT2D eigenvalue weighted by atomic mass is 16.5. The number of ether oxygens (including phenoxy) is 3. The molecular weight excluding hydrogens is 296 g/mol. The number of carbonyl (C=O) groups is 1. The van der Waals surface area contributed by atoms with Crippen LogP contribution in [0, 0.1) is 13.8 Å². The number of methoxy groups -OCH3 is 1. The summed E-state index contributed by atoms with van der Waals surface area (Å²) in [5.74, 6) is 0.674. The van der Waals surface area contributed by atoms with Gasteiger partial charge in [0.1, 0.15) is 19.0 Å². The maximum Gasteiger partial charge on any atom is 0.335 e. The van der Waals surface area contributed by atoms with E-state index in [0.29, 0.717) is 18.1 Å². The molecule has 0 radical (unpaired) electrons. The van der Waals surface area contributed by atoms with Gasteiger partial charge in [0.05, 0.1) is 12.7 Å². The molecule has 0 saturated heterocycles. The van der Waals surface area contributed by atoms with Crippen LogP contribution >= 0.6 is 0 Å². The summed E-state index contributed by atoms with van der Waals surface area (Å²) in [6.45, 7) is 4.65. The van der Waals surface area contributed by atoms with Crippen molar-refractivity contribution in [2.75, 3.05) is 20.3 Å². The topological polar surface area (TPSA) is 65.0 Å². The number of hydrogen-bond acceptors (Lipinski definition) is 4. The molecule has 0 fully saturated rings. The average molecular weight is 316 g/mol. The number of aryl methyl sites for hydroxylation is 2. The van der Waals surface area contributed by atoms with Gasteiger partial charge in [-0.25, -0.2) is 4.79 Å².